The number of amides is 1. The number of nitrogens with zero attached hydrogens (tertiary/aromatic N) is 4. The van der Waals surface area contributed by atoms with E-state index < -0.39 is 0 Å². The molecule has 0 atom stereocenters. The molecular weight excluding hydrogens is 467 g/mol. The highest BCUT2D eigenvalue weighted by Crippen LogP contribution is 2.19. The number of carbonyl (C=O) groups is 1. The third-order valence-corrected chi connectivity index (χ3v) is 4.63. The van der Waals surface area contributed by atoms with Crippen LogP contribution in [0.3, 0.4) is 0 Å². The van der Waals surface area contributed by atoms with Crippen molar-refractivity contribution in [2.45, 2.75) is 0 Å². The Morgan fingerprint density at radius 2 is 1.71 bits per heavy atom. The van der Waals surface area contributed by atoms with Gasteiger partial charge in [0.05, 0.1) is 0 Å². The van der Waals surface area contributed by atoms with Crippen LogP contribution in [0.2, 0.25) is 0 Å². The molecule has 0 saturated heterocycles. The van der Waals surface area contributed by atoms with E-state index in [1.807, 2.05) is 48.7 Å². The molecule has 0 aliphatic rings. The Kier molecular flexibility index (Phi) is 5.29. The van der Waals surface area contributed by atoms with Gasteiger partial charge in [-0.05, 0) is 77.2 Å². The standard InChI is InChI=1S/C20H15IN6O/c21-15-4-2-14(3-5-15)20(28)26-17-8-6-16(7-9-17)25-18-12-19(23-13-22-18)27-11-1-10-24-27/h1-13H,(H,26,28)(H,22,23,25). The molecule has 2 aromatic carbocycles. The largest absolute Gasteiger partial charge is 0.340 e. The zero-order chi connectivity index (χ0) is 19.3. The molecule has 8 heteroatoms. The second-order valence-corrected chi connectivity index (χ2v) is 7.12. The molecule has 7 nitrogen and oxygen atoms in total. The lowest BCUT2D eigenvalue weighted by molar-refractivity contribution is 0.102. The summed E-state index contributed by atoms with van der Waals surface area (Å²) >= 11 is 2.21. The summed E-state index contributed by atoms with van der Waals surface area (Å²) in [6.07, 6.45) is 4.99. The average molecular weight is 482 g/mol. The van der Waals surface area contributed by atoms with E-state index in [2.05, 4.69) is 48.3 Å². The molecular formula is C20H15IN6O. The van der Waals surface area contributed by atoms with Crippen molar-refractivity contribution in [1.82, 2.24) is 19.7 Å². The SMILES string of the molecule is O=C(Nc1ccc(Nc2cc(-n3cccn3)ncn2)cc1)c1ccc(I)cc1. The Labute approximate surface area is 175 Å². The fourth-order valence-corrected chi connectivity index (χ4v) is 2.89. The zero-order valence-corrected chi connectivity index (χ0v) is 16.7. The molecule has 0 radical (unpaired) electrons. The van der Waals surface area contributed by atoms with Gasteiger partial charge in [0.15, 0.2) is 5.82 Å². The van der Waals surface area contributed by atoms with E-state index in [4.69, 9.17) is 0 Å². The van der Waals surface area contributed by atoms with Crippen molar-refractivity contribution in [3.05, 3.63) is 88.5 Å². The summed E-state index contributed by atoms with van der Waals surface area (Å²) in [5.41, 5.74) is 2.18. The number of aromatic nitrogens is 4. The Morgan fingerprint density at radius 1 is 0.964 bits per heavy atom. The van der Waals surface area contributed by atoms with Crippen LogP contribution in [-0.4, -0.2) is 25.7 Å². The lowest BCUT2D eigenvalue weighted by atomic mass is 10.2. The van der Waals surface area contributed by atoms with Crippen LogP contribution in [0.4, 0.5) is 17.2 Å². The number of nitrogens with one attached hydrogen (secondary N) is 2. The van der Waals surface area contributed by atoms with Crippen molar-refractivity contribution in [1.29, 1.82) is 0 Å². The van der Waals surface area contributed by atoms with Crippen molar-refractivity contribution >= 4 is 45.7 Å². The van der Waals surface area contributed by atoms with E-state index in [-0.39, 0.29) is 5.91 Å². The van der Waals surface area contributed by atoms with Gasteiger partial charge in [0.25, 0.3) is 5.91 Å². The Balaban J connectivity index is 1.43. The molecule has 2 heterocycles. The van der Waals surface area contributed by atoms with Gasteiger partial charge in [-0.15, -0.1) is 0 Å². The van der Waals surface area contributed by atoms with Gasteiger partial charge in [-0.1, -0.05) is 0 Å². The molecule has 2 N–H and O–H groups in total. The van der Waals surface area contributed by atoms with E-state index in [0.717, 1.165) is 9.26 Å². The van der Waals surface area contributed by atoms with E-state index in [9.17, 15) is 4.79 Å². The van der Waals surface area contributed by atoms with Crippen LogP contribution >= 0.6 is 22.6 Å². The minimum absolute atomic E-state index is 0.142. The molecule has 28 heavy (non-hydrogen) atoms. The first kappa shape index (κ1) is 18.1. The van der Waals surface area contributed by atoms with E-state index in [1.165, 1.54) is 6.33 Å². The summed E-state index contributed by atoms with van der Waals surface area (Å²) in [5, 5.41) is 10.3. The highest BCUT2D eigenvalue weighted by Gasteiger charge is 2.06. The molecule has 0 unspecified atom stereocenters. The van der Waals surface area contributed by atoms with Crippen molar-refractivity contribution < 1.29 is 4.79 Å². The maximum absolute atomic E-state index is 12.3. The summed E-state index contributed by atoms with van der Waals surface area (Å²) < 4.78 is 2.75. The van der Waals surface area contributed by atoms with Gasteiger partial charge in [-0.2, -0.15) is 5.10 Å². The van der Waals surface area contributed by atoms with Gasteiger partial charge in [0, 0.05) is 39.0 Å². The van der Waals surface area contributed by atoms with Gasteiger partial charge in [0.1, 0.15) is 12.1 Å². The first-order valence-corrected chi connectivity index (χ1v) is 9.51. The lowest BCUT2D eigenvalue weighted by Gasteiger charge is -2.09. The van der Waals surface area contributed by atoms with Crippen LogP contribution in [-0.2, 0) is 0 Å². The Bertz CT molecular complexity index is 1080. The molecule has 0 saturated carbocycles. The fourth-order valence-electron chi connectivity index (χ4n) is 2.53. The molecule has 0 aliphatic heterocycles. The number of carbonyl (C=O) groups excluding carboxylic acids is 1. The first-order chi connectivity index (χ1) is 13.7. The molecule has 2 aromatic heterocycles. The smallest absolute Gasteiger partial charge is 0.255 e. The van der Waals surface area contributed by atoms with Crippen LogP contribution in [0.25, 0.3) is 5.82 Å². The van der Waals surface area contributed by atoms with Gasteiger partial charge < -0.3 is 10.6 Å². The normalized spacial score (nSPS) is 10.5. The Hall–Kier alpha value is -3.27. The van der Waals surface area contributed by atoms with Crippen molar-refractivity contribution in [3.8, 4) is 5.82 Å². The number of halogens is 1. The summed E-state index contributed by atoms with van der Waals surface area (Å²) in [4.78, 5) is 20.7. The van der Waals surface area contributed by atoms with E-state index in [1.54, 1.807) is 29.1 Å². The topological polar surface area (TPSA) is 84.7 Å². The molecule has 0 fully saturated rings. The molecule has 4 rings (SSSR count). The maximum Gasteiger partial charge on any atom is 0.255 e. The predicted molar refractivity (Wildman–Crippen MR) is 116 cm³/mol. The highest BCUT2D eigenvalue weighted by atomic mass is 127. The second kappa shape index (κ2) is 8.17. The van der Waals surface area contributed by atoms with Crippen molar-refractivity contribution in [3.63, 3.8) is 0 Å². The van der Waals surface area contributed by atoms with Gasteiger partial charge in [-0.25, -0.2) is 14.6 Å². The summed E-state index contributed by atoms with van der Waals surface area (Å²) in [6, 6.07) is 18.5. The van der Waals surface area contributed by atoms with Crippen LogP contribution < -0.4 is 10.6 Å². The quantitative estimate of drug-likeness (QED) is 0.416. The van der Waals surface area contributed by atoms with Crippen molar-refractivity contribution in [2.24, 2.45) is 0 Å². The highest BCUT2D eigenvalue weighted by molar-refractivity contribution is 14.1. The maximum atomic E-state index is 12.3. The number of hydrogen-bond donors (Lipinski definition) is 2. The summed E-state index contributed by atoms with van der Waals surface area (Å²) in [6.45, 7) is 0. The fraction of sp³-hybridized carbons (Fsp3) is 0. The minimum Gasteiger partial charge on any atom is -0.340 e. The monoisotopic (exact) mass is 482 g/mol. The van der Waals surface area contributed by atoms with Gasteiger partial charge >= 0.3 is 0 Å². The molecule has 1 amide bonds. The predicted octanol–water partition coefficient (Wildman–Crippen LogP) is 4.26. The van der Waals surface area contributed by atoms with Gasteiger partial charge in [0.2, 0.25) is 0 Å². The minimum atomic E-state index is -0.142. The third kappa shape index (κ3) is 4.34. The Morgan fingerprint density at radius 3 is 2.43 bits per heavy atom. The van der Waals surface area contributed by atoms with Crippen LogP contribution in [0.15, 0.2) is 79.4 Å². The van der Waals surface area contributed by atoms with Crippen molar-refractivity contribution in [2.75, 3.05) is 10.6 Å². The first-order valence-electron chi connectivity index (χ1n) is 8.43. The zero-order valence-electron chi connectivity index (χ0n) is 14.6. The van der Waals surface area contributed by atoms with Crippen LogP contribution in [0.1, 0.15) is 10.4 Å². The molecule has 0 bridgehead atoms. The van der Waals surface area contributed by atoms with E-state index in [0.29, 0.717) is 22.9 Å². The summed E-state index contributed by atoms with van der Waals surface area (Å²) in [5.74, 6) is 1.18. The van der Waals surface area contributed by atoms with Crippen LogP contribution in [0, 0.1) is 3.57 Å². The average Bonchev–Trinajstić information content (AvgIpc) is 3.25. The second-order valence-electron chi connectivity index (χ2n) is 5.88. The molecule has 0 aliphatic carbocycles. The number of anilines is 3. The number of benzene rings is 2. The van der Waals surface area contributed by atoms with Crippen LogP contribution in [0.5, 0.6) is 0 Å². The molecule has 4 aromatic rings. The number of hydrogen-bond acceptors (Lipinski definition) is 5. The summed E-state index contributed by atoms with van der Waals surface area (Å²) in [7, 11) is 0. The van der Waals surface area contributed by atoms with Gasteiger partial charge in [-0.3, -0.25) is 4.79 Å². The lowest BCUT2D eigenvalue weighted by Crippen LogP contribution is -2.11. The third-order valence-electron chi connectivity index (χ3n) is 3.91. The molecule has 138 valence electrons. The number of rotatable bonds is 5. The molecule has 0 spiro atoms. The van der Waals surface area contributed by atoms with E-state index >= 15 is 0 Å².